The first-order valence-corrected chi connectivity index (χ1v) is 9.69. The number of carbonyl (C=O) groups is 1. The summed E-state index contributed by atoms with van der Waals surface area (Å²) in [5.41, 5.74) is 3.22. The molecule has 2 heterocycles. The first-order chi connectivity index (χ1) is 12.1. The minimum atomic E-state index is -0.293. The molecule has 8 heteroatoms. The largest absolute Gasteiger partial charge is 0.312 e. The lowest BCUT2D eigenvalue weighted by Gasteiger charge is -2.09. The average molecular weight is 374 g/mol. The van der Waals surface area contributed by atoms with Crippen LogP contribution in [-0.2, 0) is 18.3 Å². The molecule has 0 spiro atoms. The van der Waals surface area contributed by atoms with Crippen LogP contribution in [0.2, 0.25) is 0 Å². The van der Waals surface area contributed by atoms with Gasteiger partial charge in [-0.05, 0) is 18.9 Å². The highest BCUT2D eigenvalue weighted by molar-refractivity contribution is 8.00. The number of benzene rings is 1. The average Bonchev–Trinajstić information content (AvgIpc) is 3.24. The summed E-state index contributed by atoms with van der Waals surface area (Å²) >= 11 is 2.79. The van der Waals surface area contributed by atoms with Crippen molar-refractivity contribution >= 4 is 34.1 Å². The molecule has 0 fully saturated rings. The molecule has 0 aliphatic rings. The van der Waals surface area contributed by atoms with Crippen LogP contribution in [0.25, 0.3) is 11.3 Å². The molecule has 0 bridgehead atoms. The third kappa shape index (κ3) is 4.26. The van der Waals surface area contributed by atoms with Gasteiger partial charge in [-0.3, -0.25) is 4.79 Å². The van der Waals surface area contributed by atoms with Crippen molar-refractivity contribution in [3.8, 4) is 11.3 Å². The summed E-state index contributed by atoms with van der Waals surface area (Å²) in [5, 5.41) is 13.7. The van der Waals surface area contributed by atoms with Crippen LogP contribution >= 0.6 is 23.1 Å². The molecule has 1 atom stereocenters. The SMILES string of the molecule is CCc1ccc(-c2csc(NC(=O)[C@@H](C)Sc3nncn3C)n2)cc1. The van der Waals surface area contributed by atoms with Gasteiger partial charge in [-0.2, -0.15) is 0 Å². The first-order valence-electron chi connectivity index (χ1n) is 7.93. The number of thioether (sulfide) groups is 1. The quantitative estimate of drug-likeness (QED) is 0.668. The molecule has 0 saturated heterocycles. The Morgan fingerprint density at radius 3 is 2.76 bits per heavy atom. The van der Waals surface area contributed by atoms with Crippen LogP contribution < -0.4 is 5.32 Å². The van der Waals surface area contributed by atoms with Gasteiger partial charge in [-0.15, -0.1) is 21.5 Å². The van der Waals surface area contributed by atoms with Gasteiger partial charge in [0.05, 0.1) is 10.9 Å². The summed E-state index contributed by atoms with van der Waals surface area (Å²) < 4.78 is 1.79. The highest BCUT2D eigenvalue weighted by atomic mass is 32.2. The molecule has 25 heavy (non-hydrogen) atoms. The molecule has 0 aliphatic carbocycles. The predicted molar refractivity (Wildman–Crippen MR) is 102 cm³/mol. The molecular weight excluding hydrogens is 354 g/mol. The maximum absolute atomic E-state index is 12.4. The topological polar surface area (TPSA) is 72.7 Å². The summed E-state index contributed by atoms with van der Waals surface area (Å²) in [6.45, 7) is 3.97. The second-order valence-electron chi connectivity index (χ2n) is 5.56. The van der Waals surface area contributed by atoms with E-state index in [2.05, 4.69) is 51.7 Å². The van der Waals surface area contributed by atoms with Crippen LogP contribution in [0.1, 0.15) is 19.4 Å². The van der Waals surface area contributed by atoms with Gasteiger partial charge < -0.3 is 9.88 Å². The van der Waals surface area contributed by atoms with Crippen LogP contribution in [0.4, 0.5) is 5.13 Å². The Kier molecular flexibility index (Phi) is 5.50. The third-order valence-electron chi connectivity index (χ3n) is 3.71. The Labute approximate surface area is 154 Å². The number of anilines is 1. The highest BCUT2D eigenvalue weighted by Crippen LogP contribution is 2.27. The van der Waals surface area contributed by atoms with Crippen LogP contribution in [0.5, 0.6) is 0 Å². The summed E-state index contributed by atoms with van der Waals surface area (Å²) in [7, 11) is 1.85. The summed E-state index contributed by atoms with van der Waals surface area (Å²) in [6.07, 6.45) is 2.63. The molecule has 0 saturated carbocycles. The van der Waals surface area contributed by atoms with Gasteiger partial charge in [-0.1, -0.05) is 43.0 Å². The van der Waals surface area contributed by atoms with Crippen molar-refractivity contribution in [2.24, 2.45) is 7.05 Å². The van der Waals surface area contributed by atoms with Gasteiger partial charge in [0.25, 0.3) is 0 Å². The molecule has 1 amide bonds. The van der Waals surface area contributed by atoms with Crippen molar-refractivity contribution in [1.82, 2.24) is 19.7 Å². The second kappa shape index (κ2) is 7.79. The first kappa shape index (κ1) is 17.6. The van der Waals surface area contributed by atoms with Crippen molar-refractivity contribution < 1.29 is 4.79 Å². The fourth-order valence-electron chi connectivity index (χ4n) is 2.17. The molecule has 1 aromatic carbocycles. The van der Waals surface area contributed by atoms with E-state index in [0.29, 0.717) is 10.3 Å². The number of aromatic nitrogens is 4. The maximum atomic E-state index is 12.4. The van der Waals surface area contributed by atoms with Crippen LogP contribution in [0, 0.1) is 0 Å². The number of nitrogens with zero attached hydrogens (tertiary/aromatic N) is 4. The Morgan fingerprint density at radius 2 is 2.12 bits per heavy atom. The molecule has 0 aliphatic heterocycles. The van der Waals surface area contributed by atoms with Crippen molar-refractivity contribution in [2.45, 2.75) is 30.7 Å². The van der Waals surface area contributed by atoms with Gasteiger partial charge in [0, 0.05) is 18.0 Å². The van der Waals surface area contributed by atoms with Crippen molar-refractivity contribution in [1.29, 1.82) is 0 Å². The summed E-state index contributed by atoms with van der Waals surface area (Å²) in [6, 6.07) is 8.33. The lowest BCUT2D eigenvalue weighted by atomic mass is 10.1. The molecule has 130 valence electrons. The number of carbonyl (C=O) groups excluding carboxylic acids is 1. The smallest absolute Gasteiger partial charge is 0.239 e. The van der Waals surface area contributed by atoms with Gasteiger partial charge in [0.15, 0.2) is 10.3 Å². The third-order valence-corrected chi connectivity index (χ3v) is 5.62. The zero-order valence-corrected chi connectivity index (χ0v) is 15.9. The Bertz CT molecular complexity index is 856. The molecule has 2 aromatic heterocycles. The van der Waals surface area contributed by atoms with E-state index < -0.39 is 0 Å². The number of aryl methyl sites for hydroxylation is 2. The van der Waals surface area contributed by atoms with E-state index in [-0.39, 0.29) is 11.2 Å². The lowest BCUT2D eigenvalue weighted by molar-refractivity contribution is -0.115. The highest BCUT2D eigenvalue weighted by Gasteiger charge is 2.18. The zero-order valence-electron chi connectivity index (χ0n) is 14.3. The maximum Gasteiger partial charge on any atom is 0.239 e. The molecule has 0 unspecified atom stereocenters. The molecule has 3 rings (SSSR count). The van der Waals surface area contributed by atoms with E-state index in [0.717, 1.165) is 17.7 Å². The molecule has 1 N–H and O–H groups in total. The predicted octanol–water partition coefficient (Wildman–Crippen LogP) is 3.62. The van der Waals surface area contributed by atoms with E-state index >= 15 is 0 Å². The minimum Gasteiger partial charge on any atom is -0.312 e. The fraction of sp³-hybridized carbons (Fsp3) is 0.294. The summed E-state index contributed by atoms with van der Waals surface area (Å²) in [4.78, 5) is 16.9. The standard InChI is InChI=1S/C17H19N5OS2/c1-4-12-5-7-13(8-6-12)14-9-24-16(19-14)20-15(23)11(2)25-17-21-18-10-22(17)3/h5-11H,4H2,1-3H3,(H,19,20,23)/t11-/m1/s1. The van der Waals surface area contributed by atoms with Gasteiger partial charge in [0.2, 0.25) is 5.91 Å². The van der Waals surface area contributed by atoms with Crippen LogP contribution in [0.15, 0.2) is 41.1 Å². The minimum absolute atomic E-state index is 0.102. The van der Waals surface area contributed by atoms with E-state index in [1.807, 2.05) is 19.4 Å². The number of thiazole rings is 1. The lowest BCUT2D eigenvalue weighted by Crippen LogP contribution is -2.22. The fourth-order valence-corrected chi connectivity index (χ4v) is 3.69. The molecule has 6 nitrogen and oxygen atoms in total. The van der Waals surface area contributed by atoms with Gasteiger partial charge in [-0.25, -0.2) is 4.98 Å². The molecular formula is C17H19N5OS2. The van der Waals surface area contributed by atoms with Crippen molar-refractivity contribution in [3.63, 3.8) is 0 Å². The second-order valence-corrected chi connectivity index (χ2v) is 7.73. The van der Waals surface area contributed by atoms with E-state index in [1.54, 1.807) is 10.9 Å². The molecule has 3 aromatic rings. The monoisotopic (exact) mass is 373 g/mol. The Balaban J connectivity index is 1.64. The van der Waals surface area contributed by atoms with E-state index in [9.17, 15) is 4.79 Å². The van der Waals surface area contributed by atoms with Gasteiger partial charge in [0.1, 0.15) is 6.33 Å². The number of amides is 1. The Hall–Kier alpha value is -2.19. The molecule has 0 radical (unpaired) electrons. The number of rotatable bonds is 6. The van der Waals surface area contributed by atoms with Crippen LogP contribution in [0.3, 0.4) is 0 Å². The van der Waals surface area contributed by atoms with Crippen molar-refractivity contribution in [2.75, 3.05) is 5.32 Å². The van der Waals surface area contributed by atoms with E-state index in [1.165, 1.54) is 28.7 Å². The van der Waals surface area contributed by atoms with Crippen LogP contribution in [-0.4, -0.2) is 30.9 Å². The number of nitrogens with one attached hydrogen (secondary N) is 1. The number of hydrogen-bond donors (Lipinski definition) is 1. The van der Waals surface area contributed by atoms with E-state index in [4.69, 9.17) is 0 Å². The van der Waals surface area contributed by atoms with Crippen molar-refractivity contribution in [3.05, 3.63) is 41.5 Å². The summed E-state index contributed by atoms with van der Waals surface area (Å²) in [5.74, 6) is -0.102. The zero-order chi connectivity index (χ0) is 17.8. The van der Waals surface area contributed by atoms with Gasteiger partial charge >= 0.3 is 0 Å². The normalized spacial score (nSPS) is 12.1. The Morgan fingerprint density at radius 1 is 1.36 bits per heavy atom. The number of hydrogen-bond acceptors (Lipinski definition) is 6.